The van der Waals surface area contributed by atoms with Gasteiger partial charge in [0.05, 0.1) is 11.7 Å². The standard InChI is InChI=1S/C15H19N3O6S/c1-9-13(14(19)18(3)15(20)17(9)2)25(21,22)16-10-4-5-11-12(8-10)24-7-6-23-11/h4-5,8-9,13,16H,6-7H2,1-3H3. The highest BCUT2D eigenvalue weighted by atomic mass is 32.2. The van der Waals surface area contributed by atoms with Gasteiger partial charge >= 0.3 is 6.03 Å². The van der Waals surface area contributed by atoms with E-state index >= 15 is 0 Å². The van der Waals surface area contributed by atoms with Crippen molar-refractivity contribution in [2.24, 2.45) is 0 Å². The summed E-state index contributed by atoms with van der Waals surface area (Å²) < 4.78 is 38.8. The molecule has 1 aromatic carbocycles. The molecule has 2 aliphatic heterocycles. The van der Waals surface area contributed by atoms with Crippen LogP contribution in [-0.4, -0.2) is 68.8 Å². The summed E-state index contributed by atoms with van der Waals surface area (Å²) in [6, 6.07) is 3.29. The normalized spacial score (nSPS) is 23.6. The number of urea groups is 1. The number of ether oxygens (including phenoxy) is 2. The third kappa shape index (κ3) is 2.97. The van der Waals surface area contributed by atoms with Gasteiger partial charge in [-0.05, 0) is 19.1 Å². The fraction of sp³-hybridized carbons (Fsp3) is 0.467. The molecule has 1 saturated heterocycles. The number of amides is 3. The molecule has 10 heteroatoms. The van der Waals surface area contributed by atoms with Crippen LogP contribution in [0.25, 0.3) is 0 Å². The molecule has 1 fully saturated rings. The minimum atomic E-state index is -4.08. The van der Waals surface area contributed by atoms with E-state index < -0.39 is 33.3 Å². The van der Waals surface area contributed by atoms with Gasteiger partial charge in [0, 0.05) is 20.2 Å². The molecule has 136 valence electrons. The van der Waals surface area contributed by atoms with Gasteiger partial charge in [-0.2, -0.15) is 0 Å². The molecule has 9 nitrogen and oxygen atoms in total. The van der Waals surface area contributed by atoms with E-state index in [1.54, 1.807) is 6.07 Å². The maximum Gasteiger partial charge on any atom is 0.326 e. The number of hydrogen-bond acceptors (Lipinski definition) is 6. The number of anilines is 1. The van der Waals surface area contributed by atoms with Gasteiger partial charge < -0.3 is 14.4 Å². The Labute approximate surface area is 145 Å². The second-order valence-corrected chi connectivity index (χ2v) is 7.76. The smallest absolute Gasteiger partial charge is 0.326 e. The Balaban J connectivity index is 1.88. The lowest BCUT2D eigenvalue weighted by Crippen LogP contribution is -2.63. The highest BCUT2D eigenvalue weighted by Gasteiger charge is 2.48. The molecule has 2 atom stereocenters. The molecule has 0 radical (unpaired) electrons. The van der Waals surface area contributed by atoms with Crippen LogP contribution in [0.15, 0.2) is 18.2 Å². The maximum atomic E-state index is 12.8. The number of nitrogens with zero attached hydrogens (tertiary/aromatic N) is 2. The molecular weight excluding hydrogens is 350 g/mol. The molecule has 0 bridgehead atoms. The monoisotopic (exact) mass is 369 g/mol. The maximum absolute atomic E-state index is 12.8. The Morgan fingerprint density at radius 2 is 1.76 bits per heavy atom. The Bertz CT molecular complexity index is 825. The minimum absolute atomic E-state index is 0.256. The largest absolute Gasteiger partial charge is 0.486 e. The molecule has 2 unspecified atom stereocenters. The summed E-state index contributed by atoms with van der Waals surface area (Å²) in [6.07, 6.45) is 0. The van der Waals surface area contributed by atoms with Gasteiger partial charge in [0.1, 0.15) is 13.2 Å². The second kappa shape index (κ2) is 6.10. The third-order valence-corrected chi connectivity index (χ3v) is 6.13. The molecule has 3 amide bonds. The minimum Gasteiger partial charge on any atom is -0.486 e. The van der Waals surface area contributed by atoms with Crippen LogP contribution >= 0.6 is 0 Å². The molecule has 0 spiro atoms. The number of nitrogens with one attached hydrogen (secondary N) is 1. The van der Waals surface area contributed by atoms with Crippen molar-refractivity contribution < 1.29 is 27.5 Å². The van der Waals surface area contributed by atoms with Crippen molar-refractivity contribution in [1.82, 2.24) is 9.80 Å². The van der Waals surface area contributed by atoms with E-state index in [1.807, 2.05) is 0 Å². The summed E-state index contributed by atoms with van der Waals surface area (Å²) in [6.45, 7) is 2.33. The van der Waals surface area contributed by atoms with Gasteiger partial charge in [-0.25, -0.2) is 13.2 Å². The van der Waals surface area contributed by atoms with Gasteiger partial charge in [0.15, 0.2) is 16.7 Å². The predicted octanol–water partition coefficient (Wildman–Crippen LogP) is 0.480. The zero-order valence-electron chi connectivity index (χ0n) is 14.1. The van der Waals surface area contributed by atoms with Crippen LogP contribution < -0.4 is 14.2 Å². The first-order valence-corrected chi connectivity index (χ1v) is 9.22. The Morgan fingerprint density at radius 1 is 1.12 bits per heavy atom. The average Bonchev–Trinajstić information content (AvgIpc) is 2.57. The van der Waals surface area contributed by atoms with Crippen LogP contribution in [0.4, 0.5) is 10.5 Å². The van der Waals surface area contributed by atoms with Crippen molar-refractivity contribution >= 4 is 27.6 Å². The van der Waals surface area contributed by atoms with Crippen LogP contribution in [0.5, 0.6) is 11.5 Å². The number of carbonyl (C=O) groups is 2. The SMILES string of the molecule is CC1C(S(=O)(=O)Nc2ccc3c(c2)OCCO3)C(=O)N(C)C(=O)N1C. The molecule has 0 saturated carbocycles. The van der Waals surface area contributed by atoms with Crippen LogP contribution in [0.3, 0.4) is 0 Å². The number of rotatable bonds is 3. The number of fused-ring (bicyclic) bond motifs is 1. The van der Waals surface area contributed by atoms with Gasteiger partial charge in [-0.3, -0.25) is 14.4 Å². The number of hydrogen-bond donors (Lipinski definition) is 1. The van der Waals surface area contributed by atoms with Crippen molar-refractivity contribution in [3.63, 3.8) is 0 Å². The fourth-order valence-electron chi connectivity index (χ4n) is 2.83. The zero-order valence-corrected chi connectivity index (χ0v) is 14.9. The third-order valence-electron chi connectivity index (χ3n) is 4.35. The van der Waals surface area contributed by atoms with Crippen molar-refractivity contribution in [3.8, 4) is 11.5 Å². The van der Waals surface area contributed by atoms with Crippen LogP contribution in [-0.2, 0) is 14.8 Å². The summed E-state index contributed by atoms with van der Waals surface area (Å²) in [7, 11) is -1.36. The fourth-order valence-corrected chi connectivity index (χ4v) is 4.54. The van der Waals surface area contributed by atoms with Gasteiger partial charge in [0.25, 0.3) is 5.91 Å². The molecule has 0 aliphatic carbocycles. The molecule has 1 aromatic rings. The summed E-state index contributed by atoms with van der Waals surface area (Å²) in [5, 5.41) is -1.41. The van der Waals surface area contributed by atoms with Crippen LogP contribution in [0, 0.1) is 0 Å². The van der Waals surface area contributed by atoms with E-state index in [1.165, 1.54) is 38.1 Å². The van der Waals surface area contributed by atoms with Crippen molar-refractivity contribution in [2.45, 2.75) is 18.2 Å². The molecule has 25 heavy (non-hydrogen) atoms. The van der Waals surface area contributed by atoms with Crippen LogP contribution in [0.1, 0.15) is 6.92 Å². The van der Waals surface area contributed by atoms with Gasteiger partial charge in [0.2, 0.25) is 10.0 Å². The van der Waals surface area contributed by atoms with Crippen molar-refractivity contribution in [3.05, 3.63) is 18.2 Å². The summed E-state index contributed by atoms with van der Waals surface area (Å²) in [5.74, 6) is 0.195. The number of benzene rings is 1. The lowest BCUT2D eigenvalue weighted by atomic mass is 10.1. The topological polar surface area (TPSA) is 105 Å². The first-order valence-electron chi connectivity index (χ1n) is 7.68. The van der Waals surface area contributed by atoms with E-state index in [0.717, 1.165) is 4.90 Å². The number of imide groups is 1. The lowest BCUT2D eigenvalue weighted by molar-refractivity contribution is -0.130. The van der Waals surface area contributed by atoms with E-state index in [2.05, 4.69) is 4.72 Å². The highest BCUT2D eigenvalue weighted by molar-refractivity contribution is 7.94. The Kier molecular flexibility index (Phi) is 4.23. The van der Waals surface area contributed by atoms with Gasteiger partial charge in [-0.15, -0.1) is 0 Å². The first kappa shape index (κ1) is 17.3. The second-order valence-electron chi connectivity index (χ2n) is 5.96. The van der Waals surface area contributed by atoms with Crippen LogP contribution in [0.2, 0.25) is 0 Å². The average molecular weight is 369 g/mol. The predicted molar refractivity (Wildman–Crippen MR) is 89.2 cm³/mol. The van der Waals surface area contributed by atoms with E-state index in [-0.39, 0.29) is 5.69 Å². The molecule has 3 rings (SSSR count). The van der Waals surface area contributed by atoms with E-state index in [4.69, 9.17) is 9.47 Å². The van der Waals surface area contributed by atoms with E-state index in [0.29, 0.717) is 24.7 Å². The number of carbonyl (C=O) groups excluding carboxylic acids is 2. The lowest BCUT2D eigenvalue weighted by Gasteiger charge is -2.39. The quantitative estimate of drug-likeness (QED) is 0.831. The number of sulfonamides is 1. The Hall–Kier alpha value is -2.49. The Morgan fingerprint density at radius 3 is 2.44 bits per heavy atom. The summed E-state index contributed by atoms with van der Waals surface area (Å²) >= 11 is 0. The molecular formula is C15H19N3O6S. The zero-order chi connectivity index (χ0) is 18.4. The van der Waals surface area contributed by atoms with Crippen molar-refractivity contribution in [2.75, 3.05) is 32.0 Å². The molecule has 2 aliphatic rings. The van der Waals surface area contributed by atoms with Crippen molar-refractivity contribution in [1.29, 1.82) is 0 Å². The van der Waals surface area contributed by atoms with E-state index in [9.17, 15) is 18.0 Å². The summed E-state index contributed by atoms with van der Waals surface area (Å²) in [4.78, 5) is 26.3. The highest BCUT2D eigenvalue weighted by Crippen LogP contribution is 2.33. The first-order chi connectivity index (χ1) is 11.7. The molecule has 2 heterocycles. The molecule has 1 N–H and O–H groups in total. The molecule has 0 aromatic heterocycles. The summed E-state index contributed by atoms with van der Waals surface area (Å²) in [5.41, 5.74) is 0.256. The van der Waals surface area contributed by atoms with Gasteiger partial charge in [-0.1, -0.05) is 0 Å².